The number of carbonyl (C=O) groups excluding carboxylic acids is 1. The standard InChI is InChI=1S/C23H26N4O/c1-17-20-8-3-4-9-22(20)25-18(2)21(17)15-23(28)27-13-11-26(12-14-27)16-19-7-5-6-10-24-19/h3-10H,11-16H2,1-2H3. The monoisotopic (exact) mass is 374 g/mol. The van der Waals surface area contributed by atoms with Gasteiger partial charge in [-0.05, 0) is 43.2 Å². The Labute approximate surface area is 166 Å². The van der Waals surface area contributed by atoms with Crippen LogP contribution in [0, 0.1) is 13.8 Å². The maximum atomic E-state index is 12.9. The number of piperazine rings is 1. The molecule has 0 aliphatic carbocycles. The molecule has 3 heterocycles. The highest BCUT2D eigenvalue weighted by atomic mass is 16.2. The maximum absolute atomic E-state index is 12.9. The molecule has 0 N–H and O–H groups in total. The third-order valence-corrected chi connectivity index (χ3v) is 5.65. The molecule has 5 nitrogen and oxygen atoms in total. The SMILES string of the molecule is Cc1nc2ccccc2c(C)c1CC(=O)N1CCN(Cc2ccccn2)CC1. The van der Waals surface area contributed by atoms with Gasteiger partial charge in [0.05, 0.1) is 17.6 Å². The van der Waals surface area contributed by atoms with E-state index in [1.807, 2.05) is 48.4 Å². The molecule has 0 atom stereocenters. The summed E-state index contributed by atoms with van der Waals surface area (Å²) >= 11 is 0. The summed E-state index contributed by atoms with van der Waals surface area (Å²) in [5.74, 6) is 0.195. The highest BCUT2D eigenvalue weighted by Gasteiger charge is 2.23. The number of benzene rings is 1. The van der Waals surface area contributed by atoms with Crippen molar-refractivity contribution in [2.75, 3.05) is 26.2 Å². The van der Waals surface area contributed by atoms with E-state index in [4.69, 9.17) is 4.98 Å². The van der Waals surface area contributed by atoms with Gasteiger partial charge in [-0.3, -0.25) is 19.7 Å². The molecule has 1 fully saturated rings. The Morgan fingerprint density at radius 2 is 1.75 bits per heavy atom. The zero-order valence-electron chi connectivity index (χ0n) is 16.6. The predicted octanol–water partition coefficient (Wildman–Crippen LogP) is 3.13. The first kappa shape index (κ1) is 18.6. The lowest BCUT2D eigenvalue weighted by atomic mass is 9.99. The lowest BCUT2D eigenvalue weighted by Gasteiger charge is -2.34. The molecule has 5 heteroatoms. The van der Waals surface area contributed by atoms with Crippen molar-refractivity contribution < 1.29 is 4.79 Å². The lowest BCUT2D eigenvalue weighted by molar-refractivity contribution is -0.132. The average Bonchev–Trinajstić information content (AvgIpc) is 2.72. The Morgan fingerprint density at radius 3 is 2.50 bits per heavy atom. The highest BCUT2D eigenvalue weighted by Crippen LogP contribution is 2.23. The highest BCUT2D eigenvalue weighted by molar-refractivity contribution is 5.86. The number of carbonyl (C=O) groups is 1. The molecule has 4 rings (SSSR count). The van der Waals surface area contributed by atoms with E-state index in [0.29, 0.717) is 6.42 Å². The maximum Gasteiger partial charge on any atom is 0.227 e. The second-order valence-electron chi connectivity index (χ2n) is 7.47. The van der Waals surface area contributed by atoms with Crippen LogP contribution in [0.25, 0.3) is 10.9 Å². The van der Waals surface area contributed by atoms with Crippen LogP contribution < -0.4 is 0 Å². The van der Waals surface area contributed by atoms with Crippen molar-refractivity contribution >= 4 is 16.8 Å². The van der Waals surface area contributed by atoms with Gasteiger partial charge in [0.2, 0.25) is 5.91 Å². The van der Waals surface area contributed by atoms with Gasteiger partial charge in [-0.25, -0.2) is 0 Å². The largest absolute Gasteiger partial charge is 0.340 e. The number of para-hydroxylation sites is 1. The number of nitrogens with zero attached hydrogens (tertiary/aromatic N) is 4. The number of hydrogen-bond donors (Lipinski definition) is 0. The van der Waals surface area contributed by atoms with Gasteiger partial charge in [-0.15, -0.1) is 0 Å². The van der Waals surface area contributed by atoms with Crippen LogP contribution in [0.5, 0.6) is 0 Å². The Bertz CT molecular complexity index is 979. The van der Waals surface area contributed by atoms with Gasteiger partial charge in [0, 0.05) is 50.0 Å². The van der Waals surface area contributed by atoms with Crippen LogP contribution in [0.1, 0.15) is 22.5 Å². The zero-order valence-corrected chi connectivity index (χ0v) is 16.6. The lowest BCUT2D eigenvalue weighted by Crippen LogP contribution is -2.48. The molecule has 0 spiro atoms. The topological polar surface area (TPSA) is 49.3 Å². The van der Waals surface area contributed by atoms with Gasteiger partial charge in [0.1, 0.15) is 0 Å². The molecule has 1 saturated heterocycles. The molecule has 1 amide bonds. The molecule has 28 heavy (non-hydrogen) atoms. The number of aryl methyl sites for hydroxylation is 2. The molecule has 0 saturated carbocycles. The number of pyridine rings is 2. The van der Waals surface area contributed by atoms with Crippen molar-refractivity contribution in [3.63, 3.8) is 0 Å². The van der Waals surface area contributed by atoms with Gasteiger partial charge >= 0.3 is 0 Å². The Kier molecular flexibility index (Phi) is 5.35. The van der Waals surface area contributed by atoms with E-state index in [1.165, 1.54) is 5.56 Å². The fourth-order valence-corrected chi connectivity index (χ4v) is 3.97. The van der Waals surface area contributed by atoms with Crippen LogP contribution in [0.15, 0.2) is 48.7 Å². The second kappa shape index (κ2) is 8.07. The molecule has 144 valence electrons. The smallest absolute Gasteiger partial charge is 0.227 e. The fourth-order valence-electron chi connectivity index (χ4n) is 3.97. The van der Waals surface area contributed by atoms with E-state index in [-0.39, 0.29) is 5.91 Å². The normalized spacial score (nSPS) is 15.1. The number of rotatable bonds is 4. The van der Waals surface area contributed by atoms with Gasteiger partial charge in [0.25, 0.3) is 0 Å². The van der Waals surface area contributed by atoms with Gasteiger partial charge in [-0.2, -0.15) is 0 Å². The van der Waals surface area contributed by atoms with Gasteiger partial charge in [0.15, 0.2) is 0 Å². The minimum atomic E-state index is 0.195. The van der Waals surface area contributed by atoms with Crippen LogP contribution in [-0.4, -0.2) is 51.9 Å². The van der Waals surface area contributed by atoms with E-state index < -0.39 is 0 Å². The van der Waals surface area contributed by atoms with E-state index in [9.17, 15) is 4.79 Å². The molecule has 0 unspecified atom stereocenters. The Balaban J connectivity index is 1.40. The molecule has 1 aromatic carbocycles. The van der Waals surface area contributed by atoms with E-state index >= 15 is 0 Å². The van der Waals surface area contributed by atoms with Crippen molar-refractivity contribution in [3.8, 4) is 0 Å². The van der Waals surface area contributed by atoms with E-state index in [2.05, 4.69) is 28.9 Å². The summed E-state index contributed by atoms with van der Waals surface area (Å²) in [7, 11) is 0. The summed E-state index contributed by atoms with van der Waals surface area (Å²) in [5.41, 5.74) is 5.27. The molecular formula is C23H26N4O. The first-order valence-corrected chi connectivity index (χ1v) is 9.86. The Morgan fingerprint density at radius 1 is 1.00 bits per heavy atom. The molecule has 2 aromatic heterocycles. The zero-order chi connectivity index (χ0) is 19.5. The van der Waals surface area contributed by atoms with Crippen LogP contribution in [0.4, 0.5) is 0 Å². The summed E-state index contributed by atoms with van der Waals surface area (Å²) in [6.45, 7) is 8.26. The van der Waals surface area contributed by atoms with Crippen molar-refractivity contribution in [2.24, 2.45) is 0 Å². The summed E-state index contributed by atoms with van der Waals surface area (Å²) < 4.78 is 0. The number of hydrogen-bond acceptors (Lipinski definition) is 4. The molecule has 3 aromatic rings. The fraction of sp³-hybridized carbons (Fsp3) is 0.348. The summed E-state index contributed by atoms with van der Waals surface area (Å²) in [5, 5.41) is 1.14. The summed E-state index contributed by atoms with van der Waals surface area (Å²) in [4.78, 5) is 26.4. The summed E-state index contributed by atoms with van der Waals surface area (Å²) in [6.07, 6.45) is 2.26. The van der Waals surface area contributed by atoms with Crippen molar-refractivity contribution in [1.29, 1.82) is 0 Å². The van der Waals surface area contributed by atoms with E-state index in [0.717, 1.165) is 60.6 Å². The molecule has 0 bridgehead atoms. The third-order valence-electron chi connectivity index (χ3n) is 5.65. The predicted molar refractivity (Wildman–Crippen MR) is 111 cm³/mol. The average molecular weight is 374 g/mol. The Hall–Kier alpha value is -2.79. The first-order chi connectivity index (χ1) is 13.6. The van der Waals surface area contributed by atoms with Gasteiger partial charge in [-0.1, -0.05) is 24.3 Å². The van der Waals surface area contributed by atoms with E-state index in [1.54, 1.807) is 0 Å². The van der Waals surface area contributed by atoms with Crippen LogP contribution in [0.2, 0.25) is 0 Å². The van der Waals surface area contributed by atoms with Gasteiger partial charge < -0.3 is 4.90 Å². The minimum Gasteiger partial charge on any atom is -0.340 e. The van der Waals surface area contributed by atoms with Crippen molar-refractivity contribution in [3.05, 3.63) is 71.2 Å². The second-order valence-corrected chi connectivity index (χ2v) is 7.47. The van der Waals surface area contributed by atoms with Crippen LogP contribution >= 0.6 is 0 Å². The first-order valence-electron chi connectivity index (χ1n) is 9.86. The molecule has 1 aliphatic heterocycles. The number of aromatic nitrogens is 2. The molecule has 1 aliphatic rings. The van der Waals surface area contributed by atoms with Crippen LogP contribution in [-0.2, 0) is 17.8 Å². The number of amides is 1. The van der Waals surface area contributed by atoms with Crippen molar-refractivity contribution in [2.45, 2.75) is 26.8 Å². The molecular weight excluding hydrogens is 348 g/mol. The summed E-state index contributed by atoms with van der Waals surface area (Å²) in [6, 6.07) is 14.2. The minimum absolute atomic E-state index is 0.195. The molecule has 0 radical (unpaired) electrons. The third kappa shape index (κ3) is 3.90. The van der Waals surface area contributed by atoms with Crippen LogP contribution in [0.3, 0.4) is 0 Å². The quantitative estimate of drug-likeness (QED) is 0.704. The van der Waals surface area contributed by atoms with Crippen molar-refractivity contribution in [1.82, 2.24) is 19.8 Å². The number of fused-ring (bicyclic) bond motifs is 1.